The van der Waals surface area contributed by atoms with Crippen molar-refractivity contribution in [2.75, 3.05) is 20.6 Å². The zero-order valence-corrected chi connectivity index (χ0v) is 26.8. The van der Waals surface area contributed by atoms with Gasteiger partial charge >= 0.3 is 0 Å². The fraction of sp³-hybridized carbons (Fsp3) is 0.400. The maximum atomic E-state index is 14.3. The summed E-state index contributed by atoms with van der Waals surface area (Å²) in [6.45, 7) is 6.94. The summed E-state index contributed by atoms with van der Waals surface area (Å²) >= 11 is 0. The number of likely N-dealkylation sites (N-methyl/N-ethyl adjacent to an activating group) is 2. The Kier molecular flexibility index (Phi) is 12.0. The molecule has 0 bridgehead atoms. The molecule has 3 amide bonds. The number of nitrogens with zero attached hydrogens (tertiary/aromatic N) is 2. The van der Waals surface area contributed by atoms with Crippen molar-refractivity contribution in [3.05, 3.63) is 95.1 Å². The molecule has 0 spiro atoms. The van der Waals surface area contributed by atoms with E-state index in [-0.39, 0.29) is 19.4 Å². The van der Waals surface area contributed by atoms with E-state index >= 15 is 0 Å². The van der Waals surface area contributed by atoms with Gasteiger partial charge in [0.05, 0.1) is 6.10 Å². The van der Waals surface area contributed by atoms with Crippen LogP contribution in [0.4, 0.5) is 8.78 Å². The van der Waals surface area contributed by atoms with Gasteiger partial charge in [-0.25, -0.2) is 8.78 Å². The van der Waals surface area contributed by atoms with Crippen LogP contribution in [0.1, 0.15) is 45.2 Å². The predicted molar refractivity (Wildman–Crippen MR) is 172 cm³/mol. The number of amides is 3. The van der Waals surface area contributed by atoms with Crippen LogP contribution >= 0.6 is 0 Å². The van der Waals surface area contributed by atoms with Crippen LogP contribution in [0.2, 0.25) is 0 Å². The topological polar surface area (TPSA) is 116 Å². The molecule has 3 atom stereocenters. The number of benzene rings is 3. The van der Waals surface area contributed by atoms with Gasteiger partial charge in [-0.1, -0.05) is 54.1 Å². The smallest absolute Gasteiger partial charge is 0.246 e. The molecule has 45 heavy (non-hydrogen) atoms. The minimum Gasteiger partial charge on any atom is -0.392 e. The molecular weight excluding hydrogens is 578 g/mol. The highest BCUT2D eigenvalue weighted by Crippen LogP contribution is 2.21. The fourth-order valence-corrected chi connectivity index (χ4v) is 5.26. The Labute approximate surface area is 263 Å². The first-order valence-electron chi connectivity index (χ1n) is 14.9. The SMILES string of the molecule is CC(=CC(=O)N(C)[C@H](Cc1ccc2ccccc2c1)C(=O)N(C)[C@H](Cc1ccc(F)c(F)c1)C(=O)NC[C@@H](C)O)CC(C)(C)N. The van der Waals surface area contributed by atoms with Gasteiger partial charge in [0.15, 0.2) is 11.6 Å². The van der Waals surface area contributed by atoms with Crippen LogP contribution in [0.25, 0.3) is 10.8 Å². The van der Waals surface area contributed by atoms with Gasteiger partial charge < -0.3 is 26.0 Å². The number of nitrogens with two attached hydrogens (primary N) is 1. The van der Waals surface area contributed by atoms with E-state index in [9.17, 15) is 28.3 Å². The van der Waals surface area contributed by atoms with Crippen molar-refractivity contribution < 1.29 is 28.3 Å². The van der Waals surface area contributed by atoms with E-state index in [1.165, 1.54) is 43.0 Å². The Morgan fingerprint density at radius 3 is 2.13 bits per heavy atom. The summed E-state index contributed by atoms with van der Waals surface area (Å²) in [7, 11) is 2.98. The van der Waals surface area contributed by atoms with Crippen molar-refractivity contribution in [2.45, 2.75) is 70.7 Å². The normalized spacial score (nSPS) is 14.0. The molecule has 0 radical (unpaired) electrons. The van der Waals surface area contributed by atoms with E-state index in [0.717, 1.165) is 34.0 Å². The molecule has 0 aliphatic heterocycles. The average molecular weight is 623 g/mol. The second kappa shape index (κ2) is 15.2. The lowest BCUT2D eigenvalue weighted by molar-refractivity contribution is -0.146. The summed E-state index contributed by atoms with van der Waals surface area (Å²) in [6, 6.07) is 14.7. The largest absolute Gasteiger partial charge is 0.392 e. The maximum absolute atomic E-state index is 14.3. The summed E-state index contributed by atoms with van der Waals surface area (Å²) < 4.78 is 27.7. The third-order valence-corrected chi connectivity index (χ3v) is 7.55. The fourth-order valence-electron chi connectivity index (χ4n) is 5.26. The molecule has 3 rings (SSSR count). The Hall–Kier alpha value is -4.15. The standard InChI is InChI=1S/C35H44F2N4O4/c1-22(20-35(3,4)38)15-32(43)40(5)31(19-24-11-13-26-9-7-8-10-27(26)16-24)34(45)41(6)30(33(44)39-21-23(2)42)18-25-12-14-28(36)29(37)17-25/h7-17,23,30-31,42H,18-21,38H2,1-6H3,(H,39,44)/t23-,30-,31-/m1/s1. The van der Waals surface area contributed by atoms with E-state index in [4.69, 9.17) is 5.73 Å². The molecule has 0 heterocycles. The molecule has 0 saturated carbocycles. The molecule has 8 nitrogen and oxygen atoms in total. The van der Waals surface area contributed by atoms with Crippen LogP contribution in [-0.2, 0) is 27.2 Å². The number of carbonyl (C=O) groups is 3. The van der Waals surface area contributed by atoms with Crippen LogP contribution in [0.5, 0.6) is 0 Å². The van der Waals surface area contributed by atoms with Gasteiger partial charge in [-0.2, -0.15) is 0 Å². The molecule has 0 aromatic heterocycles. The molecule has 0 unspecified atom stereocenters. The monoisotopic (exact) mass is 622 g/mol. The second-order valence-electron chi connectivity index (χ2n) is 12.5. The van der Waals surface area contributed by atoms with Gasteiger partial charge in [-0.05, 0) is 68.1 Å². The number of rotatable bonds is 13. The van der Waals surface area contributed by atoms with Gasteiger partial charge in [0.25, 0.3) is 0 Å². The highest BCUT2D eigenvalue weighted by molar-refractivity contribution is 5.95. The lowest BCUT2D eigenvalue weighted by Gasteiger charge is -2.34. The first-order chi connectivity index (χ1) is 21.1. The number of aliphatic hydroxyl groups excluding tert-OH is 1. The van der Waals surface area contributed by atoms with Crippen LogP contribution in [0.3, 0.4) is 0 Å². The molecule has 0 saturated heterocycles. The molecular formula is C35H44F2N4O4. The zero-order chi connectivity index (χ0) is 33.5. The highest BCUT2D eigenvalue weighted by Gasteiger charge is 2.35. The minimum absolute atomic E-state index is 0.0738. The Morgan fingerprint density at radius 2 is 1.51 bits per heavy atom. The summed E-state index contributed by atoms with van der Waals surface area (Å²) in [5.41, 5.74) is 7.46. The van der Waals surface area contributed by atoms with E-state index in [2.05, 4.69) is 5.32 Å². The molecule has 3 aromatic carbocycles. The van der Waals surface area contributed by atoms with E-state index in [1.54, 1.807) is 6.92 Å². The maximum Gasteiger partial charge on any atom is 0.246 e. The number of fused-ring (bicyclic) bond motifs is 1. The number of aliphatic hydroxyl groups is 1. The minimum atomic E-state index is -1.15. The summed E-state index contributed by atoms with van der Waals surface area (Å²) in [6.07, 6.45) is 1.10. The van der Waals surface area contributed by atoms with Crippen molar-refractivity contribution in [2.24, 2.45) is 5.73 Å². The van der Waals surface area contributed by atoms with Crippen molar-refractivity contribution in [1.82, 2.24) is 15.1 Å². The van der Waals surface area contributed by atoms with Gasteiger partial charge in [0, 0.05) is 45.1 Å². The van der Waals surface area contributed by atoms with Crippen molar-refractivity contribution in [3.63, 3.8) is 0 Å². The molecule has 0 aliphatic carbocycles. The average Bonchev–Trinajstić information content (AvgIpc) is 2.97. The zero-order valence-electron chi connectivity index (χ0n) is 26.8. The molecule has 4 N–H and O–H groups in total. The van der Waals surface area contributed by atoms with E-state index in [1.807, 2.05) is 56.3 Å². The molecule has 10 heteroatoms. The van der Waals surface area contributed by atoms with Crippen molar-refractivity contribution in [1.29, 1.82) is 0 Å². The lowest BCUT2D eigenvalue weighted by Crippen LogP contribution is -2.56. The summed E-state index contributed by atoms with van der Waals surface area (Å²) in [5, 5.41) is 14.4. The molecule has 242 valence electrons. The third kappa shape index (κ3) is 10.2. The Morgan fingerprint density at radius 1 is 0.911 bits per heavy atom. The quantitative estimate of drug-likeness (QED) is 0.248. The molecule has 0 aliphatic rings. The van der Waals surface area contributed by atoms with Gasteiger partial charge in [-0.15, -0.1) is 0 Å². The third-order valence-electron chi connectivity index (χ3n) is 7.55. The number of hydrogen-bond donors (Lipinski definition) is 3. The number of carbonyl (C=O) groups excluding carboxylic acids is 3. The van der Waals surface area contributed by atoms with Crippen molar-refractivity contribution >= 4 is 28.5 Å². The Bertz CT molecular complexity index is 1550. The van der Waals surface area contributed by atoms with E-state index in [0.29, 0.717) is 12.0 Å². The predicted octanol–water partition coefficient (Wildman–Crippen LogP) is 4.13. The van der Waals surface area contributed by atoms with Crippen LogP contribution in [0.15, 0.2) is 72.3 Å². The number of halogens is 2. The summed E-state index contributed by atoms with van der Waals surface area (Å²) in [5.74, 6) is -3.62. The molecule has 3 aromatic rings. The highest BCUT2D eigenvalue weighted by atomic mass is 19.2. The van der Waals surface area contributed by atoms with Crippen molar-refractivity contribution in [3.8, 4) is 0 Å². The molecule has 0 fully saturated rings. The lowest BCUT2D eigenvalue weighted by atomic mass is 9.96. The van der Waals surface area contributed by atoms with Gasteiger partial charge in [0.2, 0.25) is 17.7 Å². The van der Waals surface area contributed by atoms with E-state index < -0.39 is 53.1 Å². The number of hydrogen-bond acceptors (Lipinski definition) is 5. The second-order valence-corrected chi connectivity index (χ2v) is 12.5. The van der Waals surface area contributed by atoms with Gasteiger partial charge in [0.1, 0.15) is 12.1 Å². The van der Waals surface area contributed by atoms with Crippen LogP contribution in [0, 0.1) is 11.6 Å². The van der Waals surface area contributed by atoms with Crippen LogP contribution < -0.4 is 11.1 Å². The van der Waals surface area contributed by atoms with Crippen LogP contribution in [-0.4, -0.2) is 77.0 Å². The number of nitrogens with one attached hydrogen (secondary N) is 1. The summed E-state index contributed by atoms with van der Waals surface area (Å²) in [4.78, 5) is 43.8. The first-order valence-corrected chi connectivity index (χ1v) is 14.9. The Balaban J connectivity index is 2.01. The first kappa shape index (κ1) is 35.3. The van der Waals surface area contributed by atoms with Gasteiger partial charge in [-0.3, -0.25) is 14.4 Å².